The SMILES string of the molecule is CC(=O)N1CCC(N2CCC(c3nn(C)c4ccc(-c5nc6cc(C)c([C@H](OC(C)(C)C)C(=O)O)c(-c7ccc(Cl)cc7)c6s5)cc34)CC2)C1. The fourth-order valence-corrected chi connectivity index (χ4v) is 9.00. The molecule has 11 heteroatoms. The summed E-state index contributed by atoms with van der Waals surface area (Å²) in [4.78, 5) is 34.3. The second kappa shape index (κ2) is 13.4. The Morgan fingerprint density at radius 1 is 1.02 bits per heavy atom. The average molecular weight is 714 g/mol. The van der Waals surface area contributed by atoms with Crippen LogP contribution in [0.2, 0.25) is 5.02 Å². The molecule has 5 aromatic rings. The fourth-order valence-electron chi connectivity index (χ4n) is 7.75. The first kappa shape index (κ1) is 34.6. The van der Waals surface area contributed by atoms with E-state index in [4.69, 9.17) is 26.4 Å². The van der Waals surface area contributed by atoms with E-state index in [1.54, 1.807) is 18.3 Å². The van der Waals surface area contributed by atoms with Gasteiger partial charge in [-0.05, 0) is 108 Å². The van der Waals surface area contributed by atoms with Gasteiger partial charge in [-0.1, -0.05) is 23.7 Å². The lowest BCUT2D eigenvalue weighted by molar-refractivity contribution is -0.160. The highest BCUT2D eigenvalue weighted by atomic mass is 35.5. The number of fused-ring (bicyclic) bond motifs is 2. The molecule has 0 saturated carbocycles. The molecule has 1 unspecified atom stereocenters. The van der Waals surface area contributed by atoms with Crippen molar-refractivity contribution < 1.29 is 19.4 Å². The zero-order valence-corrected chi connectivity index (χ0v) is 31.1. The smallest absolute Gasteiger partial charge is 0.337 e. The van der Waals surface area contributed by atoms with Crippen molar-refractivity contribution in [3.63, 3.8) is 0 Å². The highest BCUT2D eigenvalue weighted by Gasteiger charge is 2.34. The zero-order valence-electron chi connectivity index (χ0n) is 29.5. The maximum atomic E-state index is 12.8. The van der Waals surface area contributed by atoms with E-state index < -0.39 is 17.7 Å². The third kappa shape index (κ3) is 6.66. The second-order valence-corrected chi connectivity index (χ2v) is 16.2. The Balaban J connectivity index is 1.26. The molecule has 0 bridgehead atoms. The number of halogens is 1. The van der Waals surface area contributed by atoms with Crippen LogP contribution in [0.25, 0.3) is 42.8 Å². The Kier molecular flexibility index (Phi) is 9.26. The fraction of sp³-hybridized carbons (Fsp3) is 0.436. The summed E-state index contributed by atoms with van der Waals surface area (Å²) in [7, 11) is 2.01. The predicted molar refractivity (Wildman–Crippen MR) is 200 cm³/mol. The minimum absolute atomic E-state index is 0.169. The van der Waals surface area contributed by atoms with Gasteiger partial charge in [-0.25, -0.2) is 9.78 Å². The van der Waals surface area contributed by atoms with Gasteiger partial charge in [0.25, 0.3) is 0 Å². The Morgan fingerprint density at radius 3 is 2.36 bits per heavy atom. The molecule has 2 aromatic heterocycles. The molecule has 0 radical (unpaired) electrons. The number of amides is 1. The van der Waals surface area contributed by atoms with Crippen molar-refractivity contribution in [1.82, 2.24) is 24.6 Å². The monoisotopic (exact) mass is 713 g/mol. The Labute approximate surface area is 301 Å². The number of carboxylic acids is 1. The van der Waals surface area contributed by atoms with Crippen LogP contribution in [-0.2, 0) is 21.4 Å². The molecule has 1 amide bonds. The molecular formula is C39H44ClN5O4S. The highest BCUT2D eigenvalue weighted by Crippen LogP contribution is 2.45. The molecule has 1 N–H and O–H groups in total. The predicted octanol–water partition coefficient (Wildman–Crippen LogP) is 8.22. The highest BCUT2D eigenvalue weighted by molar-refractivity contribution is 7.22. The average Bonchev–Trinajstić information content (AvgIpc) is 3.81. The molecular weight excluding hydrogens is 670 g/mol. The van der Waals surface area contributed by atoms with Crippen molar-refractivity contribution in [3.05, 3.63) is 70.4 Å². The molecule has 262 valence electrons. The van der Waals surface area contributed by atoms with E-state index in [9.17, 15) is 14.7 Å². The lowest BCUT2D eigenvalue weighted by atomic mass is 9.90. The van der Waals surface area contributed by atoms with Crippen molar-refractivity contribution >= 4 is 55.9 Å². The van der Waals surface area contributed by atoms with E-state index >= 15 is 0 Å². The molecule has 0 aliphatic carbocycles. The topological polar surface area (TPSA) is 101 Å². The van der Waals surface area contributed by atoms with Crippen LogP contribution >= 0.6 is 22.9 Å². The van der Waals surface area contributed by atoms with Crippen LogP contribution in [0.1, 0.15) is 75.8 Å². The number of aryl methyl sites for hydroxylation is 2. The number of aliphatic carboxylic acids is 1. The number of thiazole rings is 1. The lowest BCUT2D eigenvalue weighted by Gasteiger charge is -2.35. The first-order valence-electron chi connectivity index (χ1n) is 17.3. The van der Waals surface area contributed by atoms with Crippen LogP contribution in [0, 0.1) is 6.92 Å². The zero-order chi connectivity index (χ0) is 35.5. The van der Waals surface area contributed by atoms with E-state index in [1.165, 1.54) is 0 Å². The normalized spacial score (nSPS) is 18.4. The summed E-state index contributed by atoms with van der Waals surface area (Å²) >= 11 is 7.86. The maximum absolute atomic E-state index is 12.8. The van der Waals surface area contributed by atoms with Gasteiger partial charge in [0.2, 0.25) is 5.91 Å². The minimum atomic E-state index is -1.17. The lowest BCUT2D eigenvalue weighted by Crippen LogP contribution is -2.43. The van der Waals surface area contributed by atoms with Crippen LogP contribution in [0.3, 0.4) is 0 Å². The van der Waals surface area contributed by atoms with Gasteiger partial charge in [0.05, 0.1) is 27.0 Å². The van der Waals surface area contributed by atoms with Crippen LogP contribution in [0.15, 0.2) is 48.5 Å². The van der Waals surface area contributed by atoms with Crippen molar-refractivity contribution in [2.75, 3.05) is 26.2 Å². The number of aromatic nitrogens is 3. The summed E-state index contributed by atoms with van der Waals surface area (Å²) in [5, 5.41) is 18.1. The summed E-state index contributed by atoms with van der Waals surface area (Å²) in [6, 6.07) is 16.4. The first-order chi connectivity index (χ1) is 23.8. The third-order valence-electron chi connectivity index (χ3n) is 10.2. The summed E-state index contributed by atoms with van der Waals surface area (Å²) in [5.41, 5.74) is 6.45. The molecule has 2 aliphatic rings. The summed E-state index contributed by atoms with van der Waals surface area (Å²) < 4.78 is 9.08. The van der Waals surface area contributed by atoms with Crippen LogP contribution in [-0.4, -0.2) is 79.4 Å². The molecule has 0 spiro atoms. The van der Waals surface area contributed by atoms with Crippen LogP contribution in [0.5, 0.6) is 0 Å². The number of hydrogen-bond donors (Lipinski definition) is 1. The van der Waals surface area contributed by atoms with Gasteiger partial charge in [-0.3, -0.25) is 14.4 Å². The molecule has 2 atom stereocenters. The van der Waals surface area contributed by atoms with E-state index in [1.807, 2.05) is 74.7 Å². The first-order valence-corrected chi connectivity index (χ1v) is 18.5. The number of hydrogen-bond acceptors (Lipinski definition) is 7. The molecule has 2 fully saturated rings. The Hall–Kier alpha value is -3.83. The van der Waals surface area contributed by atoms with Gasteiger partial charge in [0.15, 0.2) is 6.10 Å². The number of carboxylic acid groups (broad SMARTS) is 1. The molecule has 2 saturated heterocycles. The van der Waals surface area contributed by atoms with Crippen molar-refractivity contribution in [2.24, 2.45) is 7.05 Å². The quantitative estimate of drug-likeness (QED) is 0.181. The van der Waals surface area contributed by atoms with Crippen LogP contribution in [0.4, 0.5) is 0 Å². The molecule has 4 heterocycles. The van der Waals surface area contributed by atoms with Crippen molar-refractivity contribution in [3.8, 4) is 21.7 Å². The number of carbonyl (C=O) groups excluding carboxylic acids is 1. The molecule has 9 nitrogen and oxygen atoms in total. The molecule has 3 aromatic carbocycles. The number of likely N-dealkylation sites (tertiary alicyclic amines) is 2. The van der Waals surface area contributed by atoms with Gasteiger partial charge < -0.3 is 14.7 Å². The number of benzene rings is 3. The standard InChI is InChI=1S/C39H44ClN5O4S/c1-22-19-30-36(33(24-7-10-27(40)11-8-24)32(22)35(38(47)48)49-39(3,4)5)50-37(41-30)26-9-12-31-29(20-26)34(42-43(31)6)25-13-16-44(17-14-25)28-15-18-45(21-28)23(2)46/h7-12,19-20,25,28,35H,13-18,21H2,1-6H3,(H,47,48)/t28?,35-/m0/s1. The molecule has 2 aliphatic heterocycles. The van der Waals surface area contributed by atoms with E-state index in [2.05, 4.69) is 23.1 Å². The van der Waals surface area contributed by atoms with Gasteiger partial charge in [-0.15, -0.1) is 11.3 Å². The Bertz CT molecular complexity index is 2090. The largest absolute Gasteiger partial charge is 0.479 e. The van der Waals surface area contributed by atoms with Gasteiger partial charge in [0.1, 0.15) is 5.01 Å². The van der Waals surface area contributed by atoms with E-state index in [0.29, 0.717) is 22.5 Å². The van der Waals surface area contributed by atoms with Gasteiger partial charge >= 0.3 is 5.97 Å². The van der Waals surface area contributed by atoms with Gasteiger partial charge in [-0.2, -0.15) is 5.10 Å². The van der Waals surface area contributed by atoms with E-state index in [0.717, 1.165) is 99.5 Å². The Morgan fingerprint density at radius 2 is 1.72 bits per heavy atom. The maximum Gasteiger partial charge on any atom is 0.337 e. The van der Waals surface area contributed by atoms with Gasteiger partial charge in [0, 0.05) is 66.1 Å². The minimum Gasteiger partial charge on any atom is -0.479 e. The van der Waals surface area contributed by atoms with Crippen molar-refractivity contribution in [1.29, 1.82) is 0 Å². The van der Waals surface area contributed by atoms with E-state index in [-0.39, 0.29) is 5.91 Å². The number of piperidine rings is 1. The summed E-state index contributed by atoms with van der Waals surface area (Å²) in [6.45, 7) is 12.9. The summed E-state index contributed by atoms with van der Waals surface area (Å²) in [6.07, 6.45) is 1.94. The molecule has 7 rings (SSSR count). The third-order valence-corrected chi connectivity index (χ3v) is 11.6. The second-order valence-electron chi connectivity index (χ2n) is 14.8. The van der Waals surface area contributed by atoms with Crippen LogP contribution < -0.4 is 0 Å². The number of nitrogens with zero attached hydrogens (tertiary/aromatic N) is 5. The molecule has 50 heavy (non-hydrogen) atoms. The number of rotatable bonds is 7. The summed E-state index contributed by atoms with van der Waals surface area (Å²) in [5.74, 6) is -0.519. The number of ether oxygens (including phenoxy) is 1. The number of carbonyl (C=O) groups is 2. The van der Waals surface area contributed by atoms with Crippen molar-refractivity contribution in [2.45, 2.75) is 77.5 Å².